The van der Waals surface area contributed by atoms with E-state index in [4.69, 9.17) is 0 Å². The first-order valence-corrected chi connectivity index (χ1v) is 4.74. The quantitative estimate of drug-likeness (QED) is 0.700. The summed E-state index contributed by atoms with van der Waals surface area (Å²) in [4.78, 5) is 13.5. The molecule has 0 spiro atoms. The van der Waals surface area contributed by atoms with Crippen LogP contribution in [0, 0.1) is 0 Å². The second-order valence-electron chi connectivity index (χ2n) is 3.30. The average Bonchev–Trinajstić information content (AvgIpc) is 2.72. The van der Waals surface area contributed by atoms with Gasteiger partial charge in [-0.15, -0.1) is 0 Å². The second-order valence-corrected chi connectivity index (χ2v) is 3.30. The van der Waals surface area contributed by atoms with E-state index in [0.717, 1.165) is 26.2 Å². The van der Waals surface area contributed by atoms with Crippen molar-refractivity contribution in [2.75, 3.05) is 26.2 Å². The van der Waals surface area contributed by atoms with Crippen LogP contribution >= 0.6 is 0 Å². The summed E-state index contributed by atoms with van der Waals surface area (Å²) in [5, 5.41) is 6.91. The molecular formula is C9H13N3O2. The van der Waals surface area contributed by atoms with E-state index in [1.165, 1.54) is 6.26 Å². The van der Waals surface area contributed by atoms with Crippen molar-refractivity contribution in [3.63, 3.8) is 0 Å². The number of carbonyl (C=O) groups is 1. The standard InChI is InChI=1S/C9H13N3O2/c13-9(7-8-1-6-14-11-8)12-4-2-10-3-5-12/h1,6,10H,2-5,7H2. The molecule has 0 atom stereocenters. The molecule has 1 aliphatic rings. The van der Waals surface area contributed by atoms with Gasteiger partial charge in [0, 0.05) is 32.2 Å². The minimum absolute atomic E-state index is 0.125. The molecule has 76 valence electrons. The highest BCUT2D eigenvalue weighted by atomic mass is 16.5. The smallest absolute Gasteiger partial charge is 0.228 e. The molecule has 1 amide bonds. The molecule has 5 nitrogen and oxygen atoms in total. The minimum Gasteiger partial charge on any atom is -0.364 e. The van der Waals surface area contributed by atoms with Gasteiger partial charge in [-0.2, -0.15) is 0 Å². The first-order valence-electron chi connectivity index (χ1n) is 4.74. The van der Waals surface area contributed by atoms with Gasteiger partial charge in [0.15, 0.2) is 0 Å². The van der Waals surface area contributed by atoms with Crippen molar-refractivity contribution in [2.45, 2.75) is 6.42 Å². The van der Waals surface area contributed by atoms with Crippen LogP contribution in [0.2, 0.25) is 0 Å². The molecule has 0 unspecified atom stereocenters. The molecule has 2 heterocycles. The van der Waals surface area contributed by atoms with Crippen LogP contribution in [-0.2, 0) is 11.2 Å². The summed E-state index contributed by atoms with van der Waals surface area (Å²) >= 11 is 0. The van der Waals surface area contributed by atoms with Crippen LogP contribution in [0.1, 0.15) is 5.69 Å². The summed E-state index contributed by atoms with van der Waals surface area (Å²) < 4.78 is 4.67. The molecule has 14 heavy (non-hydrogen) atoms. The third kappa shape index (κ3) is 2.11. The predicted octanol–water partition coefficient (Wildman–Crippen LogP) is -0.351. The topological polar surface area (TPSA) is 58.4 Å². The Morgan fingerprint density at radius 1 is 1.57 bits per heavy atom. The number of rotatable bonds is 2. The van der Waals surface area contributed by atoms with Gasteiger partial charge >= 0.3 is 0 Å². The van der Waals surface area contributed by atoms with Gasteiger partial charge in [0.2, 0.25) is 5.91 Å². The number of nitrogens with one attached hydrogen (secondary N) is 1. The first kappa shape index (κ1) is 9.21. The van der Waals surface area contributed by atoms with Crippen molar-refractivity contribution in [3.8, 4) is 0 Å². The predicted molar refractivity (Wildman–Crippen MR) is 49.7 cm³/mol. The molecule has 0 radical (unpaired) electrons. The number of piperazine rings is 1. The zero-order valence-corrected chi connectivity index (χ0v) is 7.90. The highest BCUT2D eigenvalue weighted by Crippen LogP contribution is 2.01. The molecule has 1 saturated heterocycles. The molecule has 0 saturated carbocycles. The number of hydrogen-bond donors (Lipinski definition) is 1. The molecule has 1 aromatic heterocycles. The van der Waals surface area contributed by atoms with Crippen molar-refractivity contribution in [1.29, 1.82) is 0 Å². The lowest BCUT2D eigenvalue weighted by molar-refractivity contribution is -0.131. The van der Waals surface area contributed by atoms with Crippen molar-refractivity contribution < 1.29 is 9.32 Å². The van der Waals surface area contributed by atoms with Gasteiger partial charge in [-0.25, -0.2) is 0 Å². The van der Waals surface area contributed by atoms with Crippen molar-refractivity contribution in [3.05, 3.63) is 18.0 Å². The van der Waals surface area contributed by atoms with E-state index >= 15 is 0 Å². The average molecular weight is 195 g/mol. The Bertz CT molecular complexity index is 291. The summed E-state index contributed by atoms with van der Waals surface area (Å²) in [5.74, 6) is 0.125. The molecule has 1 N–H and O–H groups in total. The molecule has 0 aliphatic carbocycles. The van der Waals surface area contributed by atoms with Gasteiger partial charge in [-0.1, -0.05) is 5.16 Å². The summed E-state index contributed by atoms with van der Waals surface area (Å²) in [5.41, 5.74) is 0.702. The van der Waals surface area contributed by atoms with Gasteiger partial charge < -0.3 is 14.7 Å². The van der Waals surface area contributed by atoms with Crippen molar-refractivity contribution in [2.24, 2.45) is 0 Å². The molecule has 1 aromatic rings. The van der Waals surface area contributed by atoms with E-state index in [1.807, 2.05) is 4.90 Å². The number of nitrogens with zero attached hydrogens (tertiary/aromatic N) is 2. The van der Waals surface area contributed by atoms with Gasteiger partial charge in [-0.05, 0) is 0 Å². The van der Waals surface area contributed by atoms with Gasteiger partial charge in [-0.3, -0.25) is 4.79 Å². The van der Waals surface area contributed by atoms with Crippen molar-refractivity contribution in [1.82, 2.24) is 15.4 Å². The summed E-state index contributed by atoms with van der Waals surface area (Å²) in [7, 11) is 0. The Hall–Kier alpha value is -1.36. The van der Waals surface area contributed by atoms with Crippen LogP contribution in [0.15, 0.2) is 16.9 Å². The monoisotopic (exact) mass is 195 g/mol. The summed E-state index contributed by atoms with van der Waals surface area (Å²) in [6, 6.07) is 1.72. The molecule has 5 heteroatoms. The van der Waals surface area contributed by atoms with E-state index in [2.05, 4.69) is 15.0 Å². The molecule has 1 aliphatic heterocycles. The van der Waals surface area contributed by atoms with Crippen LogP contribution in [-0.4, -0.2) is 42.1 Å². The Morgan fingerprint density at radius 2 is 2.36 bits per heavy atom. The number of aromatic nitrogens is 1. The van der Waals surface area contributed by atoms with Crippen molar-refractivity contribution >= 4 is 5.91 Å². The first-order chi connectivity index (χ1) is 6.86. The van der Waals surface area contributed by atoms with E-state index < -0.39 is 0 Å². The normalized spacial score (nSPS) is 17.0. The molecule has 0 aromatic carbocycles. The van der Waals surface area contributed by atoms with Gasteiger partial charge in [0.1, 0.15) is 6.26 Å². The molecule has 0 bridgehead atoms. The molecular weight excluding hydrogens is 182 g/mol. The fraction of sp³-hybridized carbons (Fsp3) is 0.556. The van der Waals surface area contributed by atoms with Gasteiger partial charge in [0.05, 0.1) is 12.1 Å². The number of amides is 1. The third-order valence-corrected chi connectivity index (χ3v) is 2.29. The van der Waals surface area contributed by atoms with Crippen LogP contribution in [0.25, 0.3) is 0 Å². The highest BCUT2D eigenvalue weighted by Gasteiger charge is 2.16. The van der Waals surface area contributed by atoms with E-state index in [0.29, 0.717) is 12.1 Å². The largest absolute Gasteiger partial charge is 0.364 e. The maximum atomic E-state index is 11.7. The summed E-state index contributed by atoms with van der Waals surface area (Å²) in [6.07, 6.45) is 1.83. The van der Waals surface area contributed by atoms with Crippen LogP contribution < -0.4 is 5.32 Å². The fourth-order valence-electron chi connectivity index (χ4n) is 1.51. The lowest BCUT2D eigenvalue weighted by atomic mass is 10.2. The number of carbonyl (C=O) groups excluding carboxylic acids is 1. The van der Waals surface area contributed by atoms with Gasteiger partial charge in [0.25, 0.3) is 0 Å². The Morgan fingerprint density at radius 3 is 3.00 bits per heavy atom. The maximum absolute atomic E-state index is 11.7. The van der Waals surface area contributed by atoms with E-state index in [1.54, 1.807) is 6.07 Å². The fourth-order valence-corrected chi connectivity index (χ4v) is 1.51. The maximum Gasteiger partial charge on any atom is 0.228 e. The van der Waals surface area contributed by atoms with Crippen LogP contribution in [0.3, 0.4) is 0 Å². The lowest BCUT2D eigenvalue weighted by Crippen LogP contribution is -2.46. The lowest BCUT2D eigenvalue weighted by Gasteiger charge is -2.27. The van der Waals surface area contributed by atoms with E-state index in [-0.39, 0.29) is 5.91 Å². The third-order valence-electron chi connectivity index (χ3n) is 2.29. The number of hydrogen-bond acceptors (Lipinski definition) is 4. The Kier molecular flexibility index (Phi) is 2.78. The highest BCUT2D eigenvalue weighted by molar-refractivity contribution is 5.78. The SMILES string of the molecule is O=C(Cc1ccon1)N1CCNCC1. The Labute approximate surface area is 82.1 Å². The molecule has 1 fully saturated rings. The van der Waals surface area contributed by atoms with E-state index in [9.17, 15) is 4.79 Å². The zero-order chi connectivity index (χ0) is 9.80. The second kappa shape index (κ2) is 4.23. The minimum atomic E-state index is 0.125. The molecule has 2 rings (SSSR count). The zero-order valence-electron chi connectivity index (χ0n) is 7.90. The van der Waals surface area contributed by atoms with Crippen LogP contribution in [0.5, 0.6) is 0 Å². The Balaban J connectivity index is 1.88. The summed E-state index contributed by atoms with van der Waals surface area (Å²) in [6.45, 7) is 3.34. The van der Waals surface area contributed by atoms with Crippen LogP contribution in [0.4, 0.5) is 0 Å².